The van der Waals surface area contributed by atoms with E-state index in [9.17, 15) is 14.4 Å². The summed E-state index contributed by atoms with van der Waals surface area (Å²) in [6.07, 6.45) is 1.86. The molecule has 2 rings (SSSR count). The van der Waals surface area contributed by atoms with Gasteiger partial charge in [0.25, 0.3) is 0 Å². The van der Waals surface area contributed by atoms with Gasteiger partial charge in [0.15, 0.2) is 0 Å². The topological polar surface area (TPSA) is 73.0 Å². The molecule has 0 aromatic carbocycles. The molecule has 2 fully saturated rings. The standard InChI is InChI=1S/C14H24N4O3.ClH/c1-3-17-8-9-18(14(21)13(17)20)10-12(19)16(2)11-4-6-15-7-5-11;/h11,15H,3-10H2,1-2H3;1H. The average molecular weight is 333 g/mol. The van der Waals surface area contributed by atoms with Crippen molar-refractivity contribution < 1.29 is 14.4 Å². The van der Waals surface area contributed by atoms with Crippen LogP contribution in [-0.2, 0) is 14.4 Å². The van der Waals surface area contributed by atoms with E-state index < -0.39 is 11.8 Å². The molecule has 1 N–H and O–H groups in total. The molecule has 2 heterocycles. The zero-order valence-electron chi connectivity index (χ0n) is 13.2. The van der Waals surface area contributed by atoms with Crippen LogP contribution in [0.15, 0.2) is 0 Å². The molecule has 22 heavy (non-hydrogen) atoms. The summed E-state index contributed by atoms with van der Waals surface area (Å²) in [4.78, 5) is 40.7. The van der Waals surface area contributed by atoms with Gasteiger partial charge in [0.1, 0.15) is 6.54 Å². The summed E-state index contributed by atoms with van der Waals surface area (Å²) in [5, 5.41) is 3.26. The van der Waals surface area contributed by atoms with E-state index in [0.29, 0.717) is 19.6 Å². The Labute approximate surface area is 137 Å². The number of hydrogen-bond acceptors (Lipinski definition) is 4. The predicted molar refractivity (Wildman–Crippen MR) is 84.7 cm³/mol. The molecule has 0 atom stereocenters. The van der Waals surface area contributed by atoms with Gasteiger partial charge in [-0.1, -0.05) is 0 Å². The van der Waals surface area contributed by atoms with Crippen molar-refractivity contribution in [3.05, 3.63) is 0 Å². The number of amides is 3. The first-order chi connectivity index (χ1) is 10.0. The van der Waals surface area contributed by atoms with Crippen LogP contribution in [0.25, 0.3) is 0 Å². The zero-order valence-corrected chi connectivity index (χ0v) is 14.0. The second kappa shape index (κ2) is 8.33. The third-order valence-electron chi connectivity index (χ3n) is 4.35. The Morgan fingerprint density at radius 3 is 2.32 bits per heavy atom. The van der Waals surface area contributed by atoms with E-state index >= 15 is 0 Å². The number of piperidine rings is 1. The van der Waals surface area contributed by atoms with Crippen molar-refractivity contribution in [2.75, 3.05) is 46.3 Å². The third-order valence-corrected chi connectivity index (χ3v) is 4.35. The summed E-state index contributed by atoms with van der Waals surface area (Å²) < 4.78 is 0. The number of likely N-dealkylation sites (N-methyl/N-ethyl adjacent to an activating group) is 2. The number of nitrogens with one attached hydrogen (secondary N) is 1. The first kappa shape index (κ1) is 18.7. The van der Waals surface area contributed by atoms with Gasteiger partial charge in [0, 0.05) is 32.7 Å². The number of carbonyl (C=O) groups excluding carboxylic acids is 3. The zero-order chi connectivity index (χ0) is 15.4. The van der Waals surface area contributed by atoms with Gasteiger partial charge in [-0.3, -0.25) is 14.4 Å². The Morgan fingerprint density at radius 2 is 1.73 bits per heavy atom. The Kier molecular flexibility index (Phi) is 7.09. The highest BCUT2D eigenvalue weighted by Gasteiger charge is 2.33. The molecule has 0 aliphatic carbocycles. The molecule has 8 heteroatoms. The van der Waals surface area contributed by atoms with Gasteiger partial charge in [-0.25, -0.2) is 0 Å². The first-order valence-corrected chi connectivity index (χ1v) is 7.59. The summed E-state index contributed by atoms with van der Waals surface area (Å²) >= 11 is 0. The van der Waals surface area contributed by atoms with E-state index in [2.05, 4.69) is 5.32 Å². The van der Waals surface area contributed by atoms with Crippen molar-refractivity contribution in [3.8, 4) is 0 Å². The third kappa shape index (κ3) is 4.10. The minimum atomic E-state index is -0.560. The lowest BCUT2D eigenvalue weighted by Gasteiger charge is -2.36. The second-order valence-corrected chi connectivity index (χ2v) is 5.60. The van der Waals surface area contributed by atoms with E-state index in [1.165, 1.54) is 9.80 Å². The predicted octanol–water partition coefficient (Wildman–Crippen LogP) is -0.691. The van der Waals surface area contributed by atoms with Gasteiger partial charge >= 0.3 is 11.8 Å². The summed E-state index contributed by atoms with van der Waals surface area (Å²) in [7, 11) is 1.78. The van der Waals surface area contributed by atoms with Crippen molar-refractivity contribution in [1.29, 1.82) is 0 Å². The highest BCUT2D eigenvalue weighted by Crippen LogP contribution is 2.11. The quantitative estimate of drug-likeness (QED) is 0.692. The number of rotatable bonds is 4. The minimum Gasteiger partial charge on any atom is -0.341 e. The van der Waals surface area contributed by atoms with Gasteiger partial charge in [-0.15, -0.1) is 12.4 Å². The molecule has 0 bridgehead atoms. The molecule has 3 amide bonds. The molecule has 0 saturated carbocycles. The van der Waals surface area contributed by atoms with Crippen LogP contribution < -0.4 is 5.32 Å². The van der Waals surface area contributed by atoms with Gasteiger partial charge in [-0.2, -0.15) is 0 Å². The molecule has 0 spiro atoms. The summed E-state index contributed by atoms with van der Waals surface area (Å²) in [6, 6.07) is 0.224. The van der Waals surface area contributed by atoms with E-state index in [1.54, 1.807) is 11.9 Å². The van der Waals surface area contributed by atoms with Crippen molar-refractivity contribution in [2.45, 2.75) is 25.8 Å². The highest BCUT2D eigenvalue weighted by atomic mass is 35.5. The lowest BCUT2D eigenvalue weighted by atomic mass is 10.1. The smallest absolute Gasteiger partial charge is 0.312 e. The van der Waals surface area contributed by atoms with E-state index in [-0.39, 0.29) is 30.9 Å². The fourth-order valence-electron chi connectivity index (χ4n) is 2.84. The highest BCUT2D eigenvalue weighted by molar-refractivity contribution is 6.35. The van der Waals surface area contributed by atoms with Crippen LogP contribution in [0.2, 0.25) is 0 Å². The number of piperazine rings is 1. The Hall–Kier alpha value is -1.34. The molecule has 2 aliphatic heterocycles. The van der Waals surface area contributed by atoms with Crippen molar-refractivity contribution in [3.63, 3.8) is 0 Å². The minimum absolute atomic E-state index is 0. The van der Waals surface area contributed by atoms with Crippen LogP contribution in [0.4, 0.5) is 0 Å². The maximum atomic E-state index is 12.3. The summed E-state index contributed by atoms with van der Waals surface area (Å²) in [5.41, 5.74) is 0. The number of hydrogen-bond donors (Lipinski definition) is 1. The van der Waals surface area contributed by atoms with Crippen LogP contribution in [-0.4, -0.2) is 84.8 Å². The fraction of sp³-hybridized carbons (Fsp3) is 0.786. The van der Waals surface area contributed by atoms with Crippen LogP contribution in [0.1, 0.15) is 19.8 Å². The normalized spacial score (nSPS) is 19.9. The van der Waals surface area contributed by atoms with Crippen molar-refractivity contribution in [2.24, 2.45) is 0 Å². The van der Waals surface area contributed by atoms with Gasteiger partial charge in [-0.05, 0) is 32.9 Å². The summed E-state index contributed by atoms with van der Waals surface area (Å²) in [6.45, 7) is 5.14. The SMILES string of the molecule is CCN1CCN(CC(=O)N(C)C2CCNCC2)C(=O)C1=O.Cl. The molecular formula is C14H25ClN4O3. The first-order valence-electron chi connectivity index (χ1n) is 7.59. The molecule has 2 aliphatic rings. The van der Waals surface area contributed by atoms with Crippen LogP contribution in [0.3, 0.4) is 0 Å². The van der Waals surface area contributed by atoms with Crippen LogP contribution >= 0.6 is 12.4 Å². The molecule has 126 valence electrons. The second-order valence-electron chi connectivity index (χ2n) is 5.60. The van der Waals surface area contributed by atoms with Gasteiger partial charge in [0.2, 0.25) is 5.91 Å². The molecular weight excluding hydrogens is 308 g/mol. The number of nitrogens with zero attached hydrogens (tertiary/aromatic N) is 3. The Bertz CT molecular complexity index is 426. The van der Waals surface area contributed by atoms with Gasteiger partial charge < -0.3 is 20.0 Å². The average Bonchev–Trinajstić information content (AvgIpc) is 2.52. The molecule has 0 radical (unpaired) electrons. The lowest BCUT2D eigenvalue weighted by molar-refractivity contribution is -0.157. The lowest BCUT2D eigenvalue weighted by Crippen LogP contribution is -2.57. The largest absolute Gasteiger partial charge is 0.341 e. The van der Waals surface area contributed by atoms with Crippen molar-refractivity contribution >= 4 is 30.1 Å². The van der Waals surface area contributed by atoms with E-state index in [4.69, 9.17) is 0 Å². The Morgan fingerprint density at radius 1 is 1.18 bits per heavy atom. The van der Waals surface area contributed by atoms with Crippen molar-refractivity contribution in [1.82, 2.24) is 20.0 Å². The molecule has 0 aromatic rings. The number of carbonyl (C=O) groups is 3. The molecule has 0 unspecified atom stereocenters. The van der Waals surface area contributed by atoms with Crippen LogP contribution in [0.5, 0.6) is 0 Å². The summed E-state index contributed by atoms with van der Waals surface area (Å²) in [5.74, 6) is -1.15. The maximum absolute atomic E-state index is 12.3. The molecule has 2 saturated heterocycles. The monoisotopic (exact) mass is 332 g/mol. The molecule has 7 nitrogen and oxygen atoms in total. The fourth-order valence-corrected chi connectivity index (χ4v) is 2.84. The van der Waals surface area contributed by atoms with Crippen LogP contribution in [0, 0.1) is 0 Å². The van der Waals surface area contributed by atoms with E-state index in [1.807, 2.05) is 6.92 Å². The van der Waals surface area contributed by atoms with E-state index in [0.717, 1.165) is 25.9 Å². The number of halogens is 1. The molecule has 0 aromatic heterocycles. The van der Waals surface area contributed by atoms with Gasteiger partial charge in [0.05, 0.1) is 0 Å². The Balaban J connectivity index is 0.00000242. The maximum Gasteiger partial charge on any atom is 0.312 e.